The fraction of sp³-hybridized carbons (Fsp3) is 0.533. The first-order valence-corrected chi connectivity index (χ1v) is 6.99. The van der Waals surface area contributed by atoms with Gasteiger partial charge in [0.15, 0.2) is 0 Å². The highest BCUT2D eigenvalue weighted by Gasteiger charge is 1.99. The lowest BCUT2D eigenvalue weighted by Crippen LogP contribution is -2.38. The van der Waals surface area contributed by atoms with Crippen molar-refractivity contribution in [2.75, 3.05) is 19.7 Å². The molecule has 0 spiro atoms. The molecule has 106 valence electrons. The van der Waals surface area contributed by atoms with Crippen LogP contribution in [0.25, 0.3) is 0 Å². The van der Waals surface area contributed by atoms with E-state index >= 15 is 0 Å². The average Bonchev–Trinajstić information content (AvgIpc) is 2.44. The Bertz CT molecular complexity index is 380. The smallest absolute Gasteiger partial charge is 0.314 e. The van der Waals surface area contributed by atoms with E-state index in [1.165, 1.54) is 5.56 Å². The van der Waals surface area contributed by atoms with E-state index in [9.17, 15) is 4.79 Å². The van der Waals surface area contributed by atoms with Gasteiger partial charge in [-0.2, -0.15) is 0 Å². The SMILES string of the molecule is CCCCNC(=O)NCCOc1cccc(CC)c1. The van der Waals surface area contributed by atoms with E-state index < -0.39 is 0 Å². The molecule has 4 heteroatoms. The van der Waals surface area contributed by atoms with Crippen LogP contribution >= 0.6 is 0 Å². The van der Waals surface area contributed by atoms with Gasteiger partial charge in [0.1, 0.15) is 12.4 Å². The Morgan fingerprint density at radius 2 is 2.00 bits per heavy atom. The molecular formula is C15H24N2O2. The Balaban J connectivity index is 2.14. The largest absolute Gasteiger partial charge is 0.492 e. The summed E-state index contributed by atoms with van der Waals surface area (Å²) in [6.07, 6.45) is 3.08. The van der Waals surface area contributed by atoms with Crippen LogP contribution in [0.4, 0.5) is 4.79 Å². The van der Waals surface area contributed by atoms with Crippen molar-refractivity contribution >= 4 is 6.03 Å². The summed E-state index contributed by atoms with van der Waals surface area (Å²) in [6, 6.07) is 7.90. The van der Waals surface area contributed by atoms with Crippen LogP contribution in [0.2, 0.25) is 0 Å². The van der Waals surface area contributed by atoms with Gasteiger partial charge < -0.3 is 15.4 Å². The lowest BCUT2D eigenvalue weighted by molar-refractivity contribution is 0.236. The number of unbranched alkanes of at least 4 members (excludes halogenated alkanes) is 1. The first-order valence-electron chi connectivity index (χ1n) is 6.99. The zero-order valence-corrected chi connectivity index (χ0v) is 11.9. The van der Waals surface area contributed by atoms with E-state index in [1.54, 1.807) is 0 Å². The average molecular weight is 264 g/mol. The molecule has 0 saturated carbocycles. The number of carbonyl (C=O) groups is 1. The molecular weight excluding hydrogens is 240 g/mol. The molecule has 0 aromatic heterocycles. The molecule has 1 aromatic carbocycles. The summed E-state index contributed by atoms with van der Waals surface area (Å²) in [4.78, 5) is 11.4. The molecule has 0 heterocycles. The first kappa shape index (κ1) is 15.3. The zero-order valence-electron chi connectivity index (χ0n) is 11.9. The molecule has 2 N–H and O–H groups in total. The van der Waals surface area contributed by atoms with E-state index in [-0.39, 0.29) is 6.03 Å². The topological polar surface area (TPSA) is 50.4 Å². The second kappa shape index (κ2) is 9.25. The number of amides is 2. The molecule has 0 aliphatic carbocycles. The highest BCUT2D eigenvalue weighted by Crippen LogP contribution is 2.13. The van der Waals surface area contributed by atoms with Crippen molar-refractivity contribution in [3.63, 3.8) is 0 Å². The lowest BCUT2D eigenvalue weighted by atomic mass is 10.2. The van der Waals surface area contributed by atoms with Crippen LogP contribution in [0.1, 0.15) is 32.3 Å². The minimum Gasteiger partial charge on any atom is -0.492 e. The van der Waals surface area contributed by atoms with E-state index in [0.29, 0.717) is 13.2 Å². The Kier molecular flexibility index (Phi) is 7.47. The van der Waals surface area contributed by atoms with Gasteiger partial charge in [-0.1, -0.05) is 32.4 Å². The van der Waals surface area contributed by atoms with Crippen molar-refractivity contribution < 1.29 is 9.53 Å². The van der Waals surface area contributed by atoms with Crippen molar-refractivity contribution in [2.24, 2.45) is 0 Å². The van der Waals surface area contributed by atoms with Crippen LogP contribution in [-0.4, -0.2) is 25.7 Å². The third-order valence-electron chi connectivity index (χ3n) is 2.78. The van der Waals surface area contributed by atoms with Gasteiger partial charge in [0.05, 0.1) is 6.54 Å². The Labute approximate surface area is 115 Å². The highest BCUT2D eigenvalue weighted by molar-refractivity contribution is 5.73. The van der Waals surface area contributed by atoms with Gasteiger partial charge in [0.25, 0.3) is 0 Å². The number of nitrogens with one attached hydrogen (secondary N) is 2. The van der Waals surface area contributed by atoms with Crippen molar-refractivity contribution in [1.82, 2.24) is 10.6 Å². The molecule has 0 unspecified atom stereocenters. The molecule has 0 bridgehead atoms. The molecule has 4 nitrogen and oxygen atoms in total. The van der Waals surface area contributed by atoms with Crippen LogP contribution in [0.15, 0.2) is 24.3 Å². The molecule has 1 aromatic rings. The van der Waals surface area contributed by atoms with Crippen LogP contribution < -0.4 is 15.4 Å². The molecule has 1 rings (SSSR count). The zero-order chi connectivity index (χ0) is 13.9. The second-order valence-electron chi connectivity index (χ2n) is 4.39. The molecule has 0 radical (unpaired) electrons. The van der Waals surface area contributed by atoms with Crippen LogP contribution in [0, 0.1) is 0 Å². The number of carbonyl (C=O) groups excluding carboxylic acids is 1. The number of aryl methyl sites for hydroxylation is 1. The Morgan fingerprint density at radius 3 is 2.74 bits per heavy atom. The number of rotatable bonds is 8. The van der Waals surface area contributed by atoms with Crippen molar-refractivity contribution in [1.29, 1.82) is 0 Å². The van der Waals surface area contributed by atoms with E-state index in [0.717, 1.165) is 31.6 Å². The van der Waals surface area contributed by atoms with Gasteiger partial charge in [0.2, 0.25) is 0 Å². The minimum absolute atomic E-state index is 0.126. The fourth-order valence-electron chi connectivity index (χ4n) is 1.63. The summed E-state index contributed by atoms with van der Waals surface area (Å²) in [7, 11) is 0. The van der Waals surface area contributed by atoms with E-state index in [2.05, 4.69) is 30.5 Å². The Morgan fingerprint density at radius 1 is 1.21 bits per heavy atom. The molecule has 2 amide bonds. The summed E-state index contributed by atoms with van der Waals surface area (Å²) >= 11 is 0. The Hall–Kier alpha value is -1.71. The van der Waals surface area contributed by atoms with Gasteiger partial charge in [-0.25, -0.2) is 4.79 Å². The van der Waals surface area contributed by atoms with Crippen LogP contribution in [0.3, 0.4) is 0 Å². The quantitative estimate of drug-likeness (QED) is 0.709. The summed E-state index contributed by atoms with van der Waals surface area (Å²) in [5.74, 6) is 0.854. The van der Waals surface area contributed by atoms with Crippen molar-refractivity contribution in [3.8, 4) is 5.75 Å². The monoisotopic (exact) mass is 264 g/mol. The van der Waals surface area contributed by atoms with Gasteiger partial charge in [0, 0.05) is 6.54 Å². The predicted octanol–water partition coefficient (Wildman–Crippen LogP) is 2.73. The standard InChI is InChI=1S/C15H24N2O2/c1-3-5-9-16-15(18)17-10-11-19-14-8-6-7-13(4-2)12-14/h6-8,12H,3-5,9-11H2,1-2H3,(H2,16,17,18). The van der Waals surface area contributed by atoms with Crippen molar-refractivity contribution in [3.05, 3.63) is 29.8 Å². The number of urea groups is 1. The maximum absolute atomic E-state index is 11.4. The fourth-order valence-corrected chi connectivity index (χ4v) is 1.63. The number of benzene rings is 1. The maximum atomic E-state index is 11.4. The summed E-state index contributed by atoms with van der Waals surface area (Å²) in [6.45, 7) is 5.92. The normalized spacial score (nSPS) is 10.0. The highest BCUT2D eigenvalue weighted by atomic mass is 16.5. The molecule has 0 atom stereocenters. The third-order valence-corrected chi connectivity index (χ3v) is 2.78. The molecule has 0 aliphatic rings. The summed E-state index contributed by atoms with van der Waals surface area (Å²) in [5, 5.41) is 5.56. The van der Waals surface area contributed by atoms with Gasteiger partial charge in [-0.3, -0.25) is 0 Å². The molecule has 0 aliphatic heterocycles. The number of hydrogen-bond acceptors (Lipinski definition) is 2. The molecule has 0 fully saturated rings. The van der Waals surface area contributed by atoms with Crippen LogP contribution in [-0.2, 0) is 6.42 Å². The minimum atomic E-state index is -0.126. The number of hydrogen-bond donors (Lipinski definition) is 2. The third kappa shape index (κ3) is 6.70. The number of ether oxygens (including phenoxy) is 1. The lowest BCUT2D eigenvalue weighted by Gasteiger charge is -2.09. The van der Waals surface area contributed by atoms with Gasteiger partial charge >= 0.3 is 6.03 Å². The van der Waals surface area contributed by atoms with E-state index in [1.807, 2.05) is 18.2 Å². The predicted molar refractivity (Wildman–Crippen MR) is 77.6 cm³/mol. The van der Waals surface area contributed by atoms with Gasteiger partial charge in [-0.05, 0) is 30.5 Å². The maximum Gasteiger partial charge on any atom is 0.314 e. The van der Waals surface area contributed by atoms with E-state index in [4.69, 9.17) is 4.74 Å². The molecule has 19 heavy (non-hydrogen) atoms. The van der Waals surface area contributed by atoms with Crippen molar-refractivity contribution in [2.45, 2.75) is 33.1 Å². The first-order chi connectivity index (χ1) is 9.26. The van der Waals surface area contributed by atoms with Gasteiger partial charge in [-0.15, -0.1) is 0 Å². The molecule has 0 saturated heterocycles. The summed E-state index contributed by atoms with van der Waals surface area (Å²) < 4.78 is 5.58. The van der Waals surface area contributed by atoms with Crippen LogP contribution in [0.5, 0.6) is 5.75 Å². The summed E-state index contributed by atoms with van der Waals surface area (Å²) in [5.41, 5.74) is 1.25. The second-order valence-corrected chi connectivity index (χ2v) is 4.39.